The molecule has 1 unspecified atom stereocenters. The number of rotatable bonds is 5. The highest BCUT2D eigenvalue weighted by atomic mass is 16.6. The van der Waals surface area contributed by atoms with Gasteiger partial charge >= 0.3 is 0 Å². The third-order valence-corrected chi connectivity index (χ3v) is 3.70. The lowest BCUT2D eigenvalue weighted by atomic mass is 10.0. The van der Waals surface area contributed by atoms with Crippen molar-refractivity contribution in [3.05, 3.63) is 39.9 Å². The molecule has 20 heavy (non-hydrogen) atoms. The molecule has 1 heterocycles. The van der Waals surface area contributed by atoms with E-state index in [4.69, 9.17) is 0 Å². The molecule has 0 radical (unpaired) electrons. The predicted molar refractivity (Wildman–Crippen MR) is 75.5 cm³/mol. The molecule has 6 heteroatoms. The van der Waals surface area contributed by atoms with E-state index in [0.717, 1.165) is 31.4 Å². The van der Waals surface area contributed by atoms with E-state index in [2.05, 4.69) is 5.32 Å². The van der Waals surface area contributed by atoms with Gasteiger partial charge in [-0.2, -0.15) is 0 Å². The quantitative estimate of drug-likeness (QED) is 0.651. The summed E-state index contributed by atoms with van der Waals surface area (Å²) in [5.41, 5.74) is 1.10. The number of amides is 1. The third-order valence-electron chi connectivity index (χ3n) is 3.70. The largest absolute Gasteiger partial charge is 0.341 e. The normalized spacial score (nSPS) is 19.1. The van der Waals surface area contributed by atoms with Gasteiger partial charge < -0.3 is 10.2 Å². The Kier molecular flexibility index (Phi) is 4.68. The van der Waals surface area contributed by atoms with Gasteiger partial charge in [0.15, 0.2) is 0 Å². The number of carbonyl (C=O) groups excluding carboxylic acids is 1. The number of nitro benzene ring substituents is 1. The van der Waals surface area contributed by atoms with Gasteiger partial charge in [0.25, 0.3) is 5.69 Å². The lowest BCUT2D eigenvalue weighted by Gasteiger charge is -2.32. The molecule has 1 aromatic carbocycles. The average Bonchev–Trinajstić information content (AvgIpc) is 2.46. The first kappa shape index (κ1) is 14.5. The summed E-state index contributed by atoms with van der Waals surface area (Å²) in [5, 5.41) is 13.6. The monoisotopic (exact) mass is 277 g/mol. The first-order valence-electron chi connectivity index (χ1n) is 6.81. The van der Waals surface area contributed by atoms with Gasteiger partial charge in [-0.1, -0.05) is 12.1 Å². The summed E-state index contributed by atoms with van der Waals surface area (Å²) >= 11 is 0. The Balaban J connectivity index is 1.91. The molecule has 0 aliphatic carbocycles. The maximum absolute atomic E-state index is 12.1. The molecule has 0 saturated carbocycles. The van der Waals surface area contributed by atoms with Crippen LogP contribution in [0.15, 0.2) is 24.3 Å². The Labute approximate surface area is 117 Å². The zero-order valence-corrected chi connectivity index (χ0v) is 11.5. The van der Waals surface area contributed by atoms with Crippen molar-refractivity contribution in [2.24, 2.45) is 0 Å². The van der Waals surface area contributed by atoms with E-state index < -0.39 is 4.92 Å². The average molecular weight is 277 g/mol. The van der Waals surface area contributed by atoms with Crippen LogP contribution in [0, 0.1) is 10.1 Å². The molecule has 1 aliphatic rings. The summed E-state index contributed by atoms with van der Waals surface area (Å²) in [6.45, 7) is 1.46. The Hall–Kier alpha value is -1.95. The van der Waals surface area contributed by atoms with Gasteiger partial charge in [0.2, 0.25) is 5.91 Å². The Morgan fingerprint density at radius 3 is 2.70 bits per heavy atom. The van der Waals surface area contributed by atoms with Crippen molar-refractivity contribution in [1.82, 2.24) is 10.2 Å². The number of nitrogens with one attached hydrogen (secondary N) is 1. The number of nitrogens with zero attached hydrogens (tertiary/aromatic N) is 2. The van der Waals surface area contributed by atoms with Crippen molar-refractivity contribution in [3.8, 4) is 0 Å². The van der Waals surface area contributed by atoms with Crippen LogP contribution in [0.2, 0.25) is 0 Å². The van der Waals surface area contributed by atoms with Crippen molar-refractivity contribution in [3.63, 3.8) is 0 Å². The number of carbonyl (C=O) groups is 1. The van der Waals surface area contributed by atoms with E-state index in [0.29, 0.717) is 6.54 Å². The second-order valence-corrected chi connectivity index (χ2v) is 4.98. The highest BCUT2D eigenvalue weighted by Crippen LogP contribution is 2.15. The fraction of sp³-hybridized carbons (Fsp3) is 0.500. The van der Waals surface area contributed by atoms with Crippen LogP contribution in [0.5, 0.6) is 0 Å². The molecule has 2 rings (SSSR count). The molecule has 1 atom stereocenters. The number of piperidine rings is 1. The van der Waals surface area contributed by atoms with Gasteiger partial charge in [-0.15, -0.1) is 0 Å². The number of benzene rings is 1. The summed E-state index contributed by atoms with van der Waals surface area (Å²) in [6.07, 6.45) is 2.63. The van der Waals surface area contributed by atoms with Gasteiger partial charge in [0, 0.05) is 25.2 Å². The molecule has 1 saturated heterocycles. The second kappa shape index (κ2) is 6.47. The van der Waals surface area contributed by atoms with Crippen LogP contribution in [0.4, 0.5) is 5.69 Å². The molecular weight excluding hydrogens is 258 g/mol. The molecule has 0 aromatic heterocycles. The van der Waals surface area contributed by atoms with Crippen LogP contribution in [0.1, 0.15) is 18.4 Å². The summed E-state index contributed by atoms with van der Waals surface area (Å²) in [5.74, 6) is 0.153. The number of likely N-dealkylation sites (tertiary alicyclic amines) is 1. The number of nitro groups is 1. The number of likely N-dealkylation sites (N-methyl/N-ethyl adjacent to an activating group) is 1. The maximum atomic E-state index is 12.1. The molecule has 1 aliphatic heterocycles. The predicted octanol–water partition coefficient (Wildman–Crippen LogP) is 1.35. The summed E-state index contributed by atoms with van der Waals surface area (Å²) in [4.78, 5) is 24.1. The topological polar surface area (TPSA) is 75.5 Å². The smallest absolute Gasteiger partial charge is 0.269 e. The van der Waals surface area contributed by atoms with E-state index >= 15 is 0 Å². The second-order valence-electron chi connectivity index (χ2n) is 4.98. The van der Waals surface area contributed by atoms with Crippen molar-refractivity contribution < 1.29 is 9.72 Å². The van der Waals surface area contributed by atoms with Gasteiger partial charge in [0.1, 0.15) is 0 Å². The lowest BCUT2D eigenvalue weighted by Crippen LogP contribution is -2.50. The fourth-order valence-electron chi connectivity index (χ4n) is 2.48. The SMILES string of the molecule is CNC1CCCN(CCc2ccc([N+](=O)[O-])cc2)C1=O. The molecule has 1 N–H and O–H groups in total. The van der Waals surface area contributed by atoms with Gasteiger partial charge in [-0.05, 0) is 31.9 Å². The van der Waals surface area contributed by atoms with Crippen LogP contribution in [-0.4, -0.2) is 41.9 Å². The van der Waals surface area contributed by atoms with E-state index in [-0.39, 0.29) is 17.6 Å². The summed E-state index contributed by atoms with van der Waals surface area (Å²) < 4.78 is 0. The van der Waals surface area contributed by atoms with Crippen molar-refractivity contribution in [1.29, 1.82) is 0 Å². The van der Waals surface area contributed by atoms with Crippen LogP contribution >= 0.6 is 0 Å². The molecule has 6 nitrogen and oxygen atoms in total. The van der Waals surface area contributed by atoms with Crippen LogP contribution in [0.3, 0.4) is 0 Å². The zero-order chi connectivity index (χ0) is 14.5. The van der Waals surface area contributed by atoms with E-state index in [9.17, 15) is 14.9 Å². The zero-order valence-electron chi connectivity index (χ0n) is 11.5. The van der Waals surface area contributed by atoms with E-state index in [1.54, 1.807) is 12.1 Å². The lowest BCUT2D eigenvalue weighted by molar-refractivity contribution is -0.384. The Morgan fingerprint density at radius 2 is 2.10 bits per heavy atom. The highest BCUT2D eigenvalue weighted by Gasteiger charge is 2.26. The third kappa shape index (κ3) is 3.33. The van der Waals surface area contributed by atoms with E-state index in [1.807, 2.05) is 11.9 Å². The minimum atomic E-state index is -0.407. The number of non-ortho nitro benzene ring substituents is 1. The van der Waals surface area contributed by atoms with Crippen LogP contribution in [-0.2, 0) is 11.2 Å². The Morgan fingerprint density at radius 1 is 1.40 bits per heavy atom. The summed E-state index contributed by atoms with van der Waals surface area (Å²) in [6, 6.07) is 6.44. The van der Waals surface area contributed by atoms with Gasteiger partial charge in [0.05, 0.1) is 11.0 Å². The summed E-state index contributed by atoms with van der Waals surface area (Å²) in [7, 11) is 1.81. The maximum Gasteiger partial charge on any atom is 0.269 e. The molecule has 108 valence electrons. The molecule has 0 spiro atoms. The van der Waals surface area contributed by atoms with Crippen molar-refractivity contribution >= 4 is 11.6 Å². The molecule has 0 bridgehead atoms. The number of hydrogen-bond donors (Lipinski definition) is 1. The van der Waals surface area contributed by atoms with Crippen LogP contribution in [0.25, 0.3) is 0 Å². The first-order chi connectivity index (χ1) is 9.61. The standard InChI is InChI=1S/C14H19N3O3/c1-15-13-3-2-9-16(14(13)18)10-8-11-4-6-12(7-5-11)17(19)20/h4-7,13,15H,2-3,8-10H2,1H3. The first-order valence-corrected chi connectivity index (χ1v) is 6.81. The number of hydrogen-bond acceptors (Lipinski definition) is 4. The Bertz CT molecular complexity index is 487. The molecule has 1 aromatic rings. The van der Waals surface area contributed by atoms with Gasteiger partial charge in [-0.3, -0.25) is 14.9 Å². The molecule has 1 amide bonds. The minimum Gasteiger partial charge on any atom is -0.341 e. The van der Waals surface area contributed by atoms with Crippen molar-refractivity contribution in [2.75, 3.05) is 20.1 Å². The highest BCUT2D eigenvalue weighted by molar-refractivity contribution is 5.82. The molecular formula is C14H19N3O3. The van der Waals surface area contributed by atoms with Gasteiger partial charge in [-0.25, -0.2) is 0 Å². The van der Waals surface area contributed by atoms with Crippen LogP contribution < -0.4 is 5.32 Å². The minimum absolute atomic E-state index is 0.0689. The van der Waals surface area contributed by atoms with E-state index in [1.165, 1.54) is 12.1 Å². The molecule has 1 fully saturated rings. The fourth-order valence-corrected chi connectivity index (χ4v) is 2.48. The van der Waals surface area contributed by atoms with Crippen molar-refractivity contribution in [2.45, 2.75) is 25.3 Å².